The molecule has 0 spiro atoms. The first-order valence-electron chi connectivity index (χ1n) is 21.7. The van der Waals surface area contributed by atoms with E-state index in [1.807, 2.05) is 182 Å². The van der Waals surface area contributed by atoms with Gasteiger partial charge in [0.2, 0.25) is 0 Å². The van der Waals surface area contributed by atoms with Crippen LogP contribution in [0.15, 0.2) is 182 Å². The van der Waals surface area contributed by atoms with Crippen molar-refractivity contribution in [3.8, 4) is 0 Å². The van der Waals surface area contributed by atoms with Gasteiger partial charge in [0.1, 0.15) is 42.7 Å². The normalized spacial score (nSPS) is 24.6. The van der Waals surface area contributed by atoms with Crippen LogP contribution in [-0.2, 0) is 82.3 Å². The van der Waals surface area contributed by atoms with Crippen LogP contribution in [0.3, 0.4) is 0 Å². The number of rotatable bonds is 22. The van der Waals surface area contributed by atoms with Gasteiger partial charge in [-0.05, 0) is 33.4 Å². The fourth-order valence-electron chi connectivity index (χ4n) is 7.83. The maximum absolute atomic E-state index is 11.8. The molecule has 328 valence electrons. The highest BCUT2D eigenvalue weighted by atomic mass is 16.7. The van der Waals surface area contributed by atoms with E-state index in [0.717, 1.165) is 33.4 Å². The number of ether oxygens (including phenoxy) is 9. The molecule has 8 rings (SSSR count). The monoisotopic (exact) mass is 852 g/mol. The molecule has 0 bridgehead atoms. The minimum Gasteiger partial charge on any atom is -0.374 e. The zero-order chi connectivity index (χ0) is 42.9. The Kier molecular flexibility index (Phi) is 16.7. The van der Waals surface area contributed by atoms with Crippen LogP contribution in [0.4, 0.5) is 0 Å². The Balaban J connectivity index is 1.05. The molecule has 0 unspecified atom stereocenters. The molecule has 1 N–H and O–H groups in total. The highest BCUT2D eigenvalue weighted by molar-refractivity contribution is 5.18. The van der Waals surface area contributed by atoms with Gasteiger partial charge < -0.3 is 47.7 Å². The standard InChI is InChI=1S/C53H56O10/c54-52-50(59-35-43-27-15-5-16-28-43)49(58-34-42-25-13-4-14-26-42)47(56-32-40-21-9-2-10-22-40)46(62-52)38-61-53-51(60-36-44-29-17-6-18-30-44)48(57-33-41-23-11-3-12-24-41)45(63-53)37-55-31-39-19-7-1-8-20-39/h1-30,45-54H,31-38H2/t45-,46-,47-,48-,49+,50-,51+,52+,53-/m1/s1. The van der Waals surface area contributed by atoms with Crippen molar-refractivity contribution in [3.05, 3.63) is 215 Å². The largest absolute Gasteiger partial charge is 0.374 e. The summed E-state index contributed by atoms with van der Waals surface area (Å²) in [6.07, 6.45) is -7.22. The predicted octanol–water partition coefficient (Wildman–Crippen LogP) is 8.59. The maximum Gasteiger partial charge on any atom is 0.187 e. The molecule has 0 aromatic heterocycles. The zero-order valence-electron chi connectivity index (χ0n) is 35.3. The smallest absolute Gasteiger partial charge is 0.187 e. The minimum absolute atomic E-state index is 0.0357. The maximum atomic E-state index is 11.8. The summed E-state index contributed by atoms with van der Waals surface area (Å²) < 4.78 is 59.4. The number of hydrogen-bond donors (Lipinski definition) is 1. The van der Waals surface area contributed by atoms with Gasteiger partial charge in [-0.2, -0.15) is 0 Å². The highest BCUT2D eigenvalue weighted by Gasteiger charge is 2.51. The Morgan fingerprint density at radius 2 is 0.635 bits per heavy atom. The zero-order valence-corrected chi connectivity index (χ0v) is 35.3. The molecule has 9 atom stereocenters. The van der Waals surface area contributed by atoms with Gasteiger partial charge in [-0.15, -0.1) is 0 Å². The van der Waals surface area contributed by atoms with Crippen LogP contribution in [0.1, 0.15) is 33.4 Å². The second-order valence-electron chi connectivity index (χ2n) is 15.7. The van der Waals surface area contributed by atoms with E-state index in [1.165, 1.54) is 0 Å². The van der Waals surface area contributed by atoms with Gasteiger partial charge in [-0.1, -0.05) is 182 Å². The number of benzene rings is 6. The van der Waals surface area contributed by atoms with Crippen LogP contribution < -0.4 is 0 Å². The summed E-state index contributed by atoms with van der Waals surface area (Å²) in [6, 6.07) is 59.6. The fourth-order valence-corrected chi connectivity index (χ4v) is 7.83. The van der Waals surface area contributed by atoms with Crippen molar-refractivity contribution in [1.82, 2.24) is 0 Å². The van der Waals surface area contributed by atoms with Crippen molar-refractivity contribution in [1.29, 1.82) is 0 Å². The third-order valence-corrected chi connectivity index (χ3v) is 11.1. The van der Waals surface area contributed by atoms with Crippen LogP contribution >= 0.6 is 0 Å². The summed E-state index contributed by atoms with van der Waals surface area (Å²) in [5.74, 6) is 0. The molecule has 63 heavy (non-hydrogen) atoms. The first kappa shape index (κ1) is 44.5. The SMILES string of the molecule is O[C@H]1O[C@H](CO[C@@H]2O[C@H](COCc3ccccc3)[C@@H](OCc3ccccc3)[C@@H]2OCc2ccccc2)[C@@H](OCc2ccccc2)[C@H](OCc2ccccc2)[C@H]1OCc1ccccc1. The Labute approximate surface area is 370 Å². The molecule has 2 fully saturated rings. The summed E-state index contributed by atoms with van der Waals surface area (Å²) in [5.41, 5.74) is 5.94. The molecule has 2 heterocycles. The molecule has 0 radical (unpaired) electrons. The first-order valence-corrected chi connectivity index (χ1v) is 21.7. The Morgan fingerprint density at radius 3 is 1.05 bits per heavy atom. The summed E-state index contributed by atoms with van der Waals surface area (Å²) in [5, 5.41) is 11.8. The lowest BCUT2D eigenvalue weighted by molar-refractivity contribution is -0.323. The van der Waals surface area contributed by atoms with E-state index in [4.69, 9.17) is 42.6 Å². The molecule has 6 aromatic carbocycles. The van der Waals surface area contributed by atoms with E-state index in [9.17, 15) is 5.11 Å². The third-order valence-electron chi connectivity index (χ3n) is 11.1. The minimum atomic E-state index is -1.37. The average Bonchev–Trinajstić information content (AvgIpc) is 3.67. The number of hydrogen-bond acceptors (Lipinski definition) is 10. The van der Waals surface area contributed by atoms with Crippen molar-refractivity contribution in [2.75, 3.05) is 13.2 Å². The van der Waals surface area contributed by atoms with E-state index in [0.29, 0.717) is 19.8 Å². The third kappa shape index (κ3) is 13.0. The van der Waals surface area contributed by atoms with Crippen LogP contribution in [0.2, 0.25) is 0 Å². The lowest BCUT2D eigenvalue weighted by Gasteiger charge is -2.44. The summed E-state index contributed by atoms with van der Waals surface area (Å²) in [6.45, 7) is 1.99. The molecule has 0 amide bonds. The molecule has 2 aliphatic heterocycles. The molecule has 2 aliphatic rings. The van der Waals surface area contributed by atoms with Crippen molar-refractivity contribution in [2.45, 2.75) is 94.9 Å². The van der Waals surface area contributed by atoms with Crippen molar-refractivity contribution in [3.63, 3.8) is 0 Å². The first-order chi connectivity index (χ1) is 31.2. The van der Waals surface area contributed by atoms with Gasteiger partial charge >= 0.3 is 0 Å². The average molecular weight is 853 g/mol. The van der Waals surface area contributed by atoms with E-state index in [2.05, 4.69) is 0 Å². The molecule has 2 saturated heterocycles. The second kappa shape index (κ2) is 23.6. The Bertz CT molecular complexity index is 2150. The Morgan fingerprint density at radius 1 is 0.317 bits per heavy atom. The van der Waals surface area contributed by atoms with Gasteiger partial charge in [0, 0.05) is 0 Å². The fraction of sp³-hybridized carbons (Fsp3) is 0.321. The van der Waals surface area contributed by atoms with Crippen LogP contribution in [-0.4, -0.2) is 73.6 Å². The number of aliphatic hydroxyl groups is 1. The summed E-state index contributed by atoms with van der Waals surface area (Å²) >= 11 is 0. The van der Waals surface area contributed by atoms with Crippen molar-refractivity contribution in [2.24, 2.45) is 0 Å². The predicted molar refractivity (Wildman–Crippen MR) is 237 cm³/mol. The van der Waals surface area contributed by atoms with Gasteiger partial charge in [0.15, 0.2) is 12.6 Å². The van der Waals surface area contributed by atoms with Crippen molar-refractivity contribution < 1.29 is 47.7 Å². The second-order valence-corrected chi connectivity index (χ2v) is 15.7. The van der Waals surface area contributed by atoms with E-state index in [1.54, 1.807) is 0 Å². The van der Waals surface area contributed by atoms with Crippen LogP contribution in [0, 0.1) is 0 Å². The van der Waals surface area contributed by atoms with Gasteiger partial charge in [-0.25, -0.2) is 0 Å². The van der Waals surface area contributed by atoms with Crippen molar-refractivity contribution >= 4 is 0 Å². The van der Waals surface area contributed by atoms with Gasteiger partial charge in [0.05, 0.1) is 52.9 Å². The molecule has 10 heteroatoms. The Hall–Kier alpha value is -5.08. The lowest BCUT2D eigenvalue weighted by atomic mass is 9.98. The highest BCUT2D eigenvalue weighted by Crippen LogP contribution is 2.33. The topological polar surface area (TPSA) is 103 Å². The van der Waals surface area contributed by atoms with Gasteiger partial charge in [0.25, 0.3) is 0 Å². The lowest BCUT2D eigenvalue weighted by Crippen LogP contribution is -2.61. The molecular weight excluding hydrogens is 797 g/mol. The van der Waals surface area contributed by atoms with E-state index in [-0.39, 0.29) is 33.0 Å². The van der Waals surface area contributed by atoms with Crippen LogP contribution in [0.5, 0.6) is 0 Å². The molecule has 0 saturated carbocycles. The number of aliphatic hydroxyl groups excluding tert-OH is 1. The molecular formula is C53H56O10. The summed E-state index contributed by atoms with van der Waals surface area (Å²) in [4.78, 5) is 0. The van der Waals surface area contributed by atoms with Gasteiger partial charge in [-0.3, -0.25) is 0 Å². The van der Waals surface area contributed by atoms with E-state index >= 15 is 0 Å². The van der Waals surface area contributed by atoms with E-state index < -0.39 is 55.3 Å². The molecule has 6 aromatic rings. The summed E-state index contributed by atoms with van der Waals surface area (Å²) in [7, 11) is 0. The quantitative estimate of drug-likeness (QED) is 0.0715. The van der Waals surface area contributed by atoms with Crippen LogP contribution in [0.25, 0.3) is 0 Å². The molecule has 0 aliphatic carbocycles. The molecule has 10 nitrogen and oxygen atoms in total.